The fraction of sp³-hybridized carbons (Fsp3) is 0.467. The summed E-state index contributed by atoms with van der Waals surface area (Å²) in [6.45, 7) is 7.71. The van der Waals surface area contributed by atoms with Crippen molar-refractivity contribution in [3.05, 3.63) is 51.6 Å². The van der Waals surface area contributed by atoms with Crippen LogP contribution in [-0.2, 0) is 6.42 Å². The highest BCUT2D eigenvalue weighted by molar-refractivity contribution is 5.20. The van der Waals surface area contributed by atoms with Gasteiger partial charge < -0.3 is 14.7 Å². The summed E-state index contributed by atoms with van der Waals surface area (Å²) in [4.78, 5) is 19.1. The SMILES string of the molecule is Cc1nc(C)c(C(C)NC(C)Cc2ccco2)c(=O)[nH]1. The normalized spacial score (nSPS) is 14.2. The van der Waals surface area contributed by atoms with Crippen LogP contribution in [0.1, 0.15) is 42.7 Å². The van der Waals surface area contributed by atoms with Gasteiger partial charge in [-0.2, -0.15) is 0 Å². The molecule has 0 aliphatic heterocycles. The van der Waals surface area contributed by atoms with Gasteiger partial charge >= 0.3 is 0 Å². The molecule has 20 heavy (non-hydrogen) atoms. The molecule has 0 aliphatic rings. The van der Waals surface area contributed by atoms with Gasteiger partial charge in [0.1, 0.15) is 11.6 Å². The molecule has 0 spiro atoms. The Bertz CT molecular complexity index is 617. The molecule has 0 saturated heterocycles. The Kier molecular flexibility index (Phi) is 4.39. The molecule has 2 unspecified atom stereocenters. The quantitative estimate of drug-likeness (QED) is 0.878. The molecule has 5 nitrogen and oxygen atoms in total. The van der Waals surface area contributed by atoms with Crippen LogP contribution in [0.25, 0.3) is 0 Å². The summed E-state index contributed by atoms with van der Waals surface area (Å²) in [7, 11) is 0. The van der Waals surface area contributed by atoms with Gasteiger partial charge in [0.25, 0.3) is 5.56 Å². The third kappa shape index (κ3) is 3.36. The molecule has 2 N–H and O–H groups in total. The van der Waals surface area contributed by atoms with E-state index in [2.05, 4.69) is 22.2 Å². The molecule has 108 valence electrons. The Morgan fingerprint density at radius 2 is 2.15 bits per heavy atom. The predicted molar refractivity (Wildman–Crippen MR) is 77.8 cm³/mol. The van der Waals surface area contributed by atoms with Gasteiger partial charge in [0.05, 0.1) is 11.8 Å². The van der Waals surface area contributed by atoms with Crippen molar-refractivity contribution >= 4 is 0 Å². The average molecular weight is 275 g/mol. The number of aromatic amines is 1. The van der Waals surface area contributed by atoms with E-state index in [1.807, 2.05) is 26.0 Å². The van der Waals surface area contributed by atoms with Gasteiger partial charge in [0, 0.05) is 24.2 Å². The standard InChI is InChI=1S/C15H21N3O2/c1-9(8-13-6-5-7-20-13)16-10(2)14-11(3)17-12(4)18-15(14)19/h5-7,9-10,16H,8H2,1-4H3,(H,17,18,19). The highest BCUT2D eigenvalue weighted by Gasteiger charge is 2.17. The summed E-state index contributed by atoms with van der Waals surface area (Å²) in [6.07, 6.45) is 2.46. The largest absolute Gasteiger partial charge is 0.469 e. The highest BCUT2D eigenvalue weighted by Crippen LogP contribution is 2.13. The third-order valence-corrected chi connectivity index (χ3v) is 3.32. The number of nitrogens with one attached hydrogen (secondary N) is 2. The maximum absolute atomic E-state index is 12.0. The molecule has 2 aromatic rings. The van der Waals surface area contributed by atoms with Crippen molar-refractivity contribution in [2.75, 3.05) is 0 Å². The van der Waals surface area contributed by atoms with Gasteiger partial charge in [0.2, 0.25) is 0 Å². The van der Waals surface area contributed by atoms with Crippen LogP contribution in [-0.4, -0.2) is 16.0 Å². The number of H-pyrrole nitrogens is 1. The van der Waals surface area contributed by atoms with Crippen molar-refractivity contribution in [3.63, 3.8) is 0 Å². The second-order valence-electron chi connectivity index (χ2n) is 5.22. The van der Waals surface area contributed by atoms with Crippen molar-refractivity contribution in [2.24, 2.45) is 0 Å². The van der Waals surface area contributed by atoms with Crippen LogP contribution in [0.5, 0.6) is 0 Å². The maximum Gasteiger partial charge on any atom is 0.255 e. The minimum atomic E-state index is -0.0693. The van der Waals surface area contributed by atoms with E-state index in [1.54, 1.807) is 13.2 Å². The van der Waals surface area contributed by atoms with Crippen molar-refractivity contribution in [1.82, 2.24) is 15.3 Å². The van der Waals surface area contributed by atoms with Crippen molar-refractivity contribution in [2.45, 2.75) is 46.2 Å². The van der Waals surface area contributed by atoms with E-state index in [0.717, 1.165) is 17.9 Å². The van der Waals surface area contributed by atoms with Gasteiger partial charge in [-0.05, 0) is 39.8 Å². The summed E-state index contributed by atoms with van der Waals surface area (Å²) in [5.74, 6) is 1.58. The third-order valence-electron chi connectivity index (χ3n) is 3.32. The molecule has 0 aliphatic carbocycles. The lowest BCUT2D eigenvalue weighted by Gasteiger charge is -2.20. The van der Waals surface area contributed by atoms with Crippen LogP contribution in [0.15, 0.2) is 27.6 Å². The minimum Gasteiger partial charge on any atom is -0.469 e. The summed E-state index contributed by atoms with van der Waals surface area (Å²) < 4.78 is 5.33. The lowest BCUT2D eigenvalue weighted by molar-refractivity contribution is 0.426. The Balaban J connectivity index is 2.08. The zero-order valence-electron chi connectivity index (χ0n) is 12.4. The number of hydrogen-bond donors (Lipinski definition) is 2. The Labute approximate surface area is 118 Å². The topological polar surface area (TPSA) is 70.9 Å². The van der Waals surface area contributed by atoms with Crippen molar-refractivity contribution in [3.8, 4) is 0 Å². The number of furan rings is 1. The van der Waals surface area contributed by atoms with Crippen LogP contribution < -0.4 is 10.9 Å². The van der Waals surface area contributed by atoms with Gasteiger partial charge in [-0.3, -0.25) is 4.79 Å². The van der Waals surface area contributed by atoms with Gasteiger partial charge in [0.15, 0.2) is 0 Å². The van der Waals surface area contributed by atoms with Crippen LogP contribution >= 0.6 is 0 Å². The molecule has 2 rings (SSSR count). The van der Waals surface area contributed by atoms with E-state index in [1.165, 1.54) is 0 Å². The molecule has 2 aromatic heterocycles. The number of rotatable bonds is 5. The van der Waals surface area contributed by atoms with Crippen LogP contribution in [0.3, 0.4) is 0 Å². The first-order valence-corrected chi connectivity index (χ1v) is 6.83. The molecule has 0 aromatic carbocycles. The smallest absolute Gasteiger partial charge is 0.255 e. The zero-order valence-corrected chi connectivity index (χ0v) is 12.4. The monoisotopic (exact) mass is 275 g/mol. The van der Waals surface area contributed by atoms with Crippen LogP contribution in [0.4, 0.5) is 0 Å². The lowest BCUT2D eigenvalue weighted by Crippen LogP contribution is -2.34. The van der Waals surface area contributed by atoms with E-state index in [-0.39, 0.29) is 17.6 Å². The summed E-state index contributed by atoms with van der Waals surface area (Å²) >= 11 is 0. The fourth-order valence-electron chi connectivity index (χ4n) is 2.55. The summed E-state index contributed by atoms with van der Waals surface area (Å²) in [5, 5.41) is 3.42. The number of aryl methyl sites for hydroxylation is 2. The van der Waals surface area contributed by atoms with E-state index < -0.39 is 0 Å². The molecule has 0 saturated carbocycles. The summed E-state index contributed by atoms with van der Waals surface area (Å²) in [5.41, 5.74) is 1.40. The summed E-state index contributed by atoms with van der Waals surface area (Å²) in [6, 6.07) is 3.98. The average Bonchev–Trinajstić information content (AvgIpc) is 2.79. The van der Waals surface area contributed by atoms with Crippen LogP contribution in [0, 0.1) is 13.8 Å². The second-order valence-corrected chi connectivity index (χ2v) is 5.22. The molecule has 2 heterocycles. The van der Waals surface area contributed by atoms with Crippen LogP contribution in [0.2, 0.25) is 0 Å². The van der Waals surface area contributed by atoms with Crippen molar-refractivity contribution < 1.29 is 4.42 Å². The molecule has 0 radical (unpaired) electrons. The fourth-order valence-corrected chi connectivity index (χ4v) is 2.55. The molecule has 0 bridgehead atoms. The zero-order chi connectivity index (χ0) is 14.7. The van der Waals surface area contributed by atoms with Gasteiger partial charge in [-0.15, -0.1) is 0 Å². The molecule has 0 fully saturated rings. The highest BCUT2D eigenvalue weighted by atomic mass is 16.3. The number of hydrogen-bond acceptors (Lipinski definition) is 4. The number of nitrogens with zero attached hydrogens (tertiary/aromatic N) is 1. The minimum absolute atomic E-state index is 0.0585. The molecule has 0 amide bonds. The van der Waals surface area contributed by atoms with E-state index in [9.17, 15) is 4.79 Å². The Morgan fingerprint density at radius 3 is 2.75 bits per heavy atom. The van der Waals surface area contributed by atoms with Crippen molar-refractivity contribution in [1.29, 1.82) is 0 Å². The maximum atomic E-state index is 12.0. The van der Waals surface area contributed by atoms with E-state index in [0.29, 0.717) is 11.4 Å². The van der Waals surface area contributed by atoms with Gasteiger partial charge in [-0.1, -0.05) is 0 Å². The second kappa shape index (κ2) is 6.05. The first-order valence-electron chi connectivity index (χ1n) is 6.83. The molecule has 2 atom stereocenters. The first-order chi connectivity index (χ1) is 9.47. The van der Waals surface area contributed by atoms with E-state index in [4.69, 9.17) is 4.42 Å². The lowest BCUT2D eigenvalue weighted by atomic mass is 10.1. The Hall–Kier alpha value is -1.88. The number of aromatic nitrogens is 2. The molecular formula is C15H21N3O2. The van der Waals surface area contributed by atoms with E-state index >= 15 is 0 Å². The first kappa shape index (κ1) is 14.5. The van der Waals surface area contributed by atoms with Gasteiger partial charge in [-0.25, -0.2) is 4.98 Å². The Morgan fingerprint density at radius 1 is 1.40 bits per heavy atom. The molecule has 5 heteroatoms. The predicted octanol–water partition coefficient (Wildman–Crippen LogP) is 2.26. The molecular weight excluding hydrogens is 254 g/mol.